The van der Waals surface area contributed by atoms with Gasteiger partial charge in [0.05, 0.1) is 29.7 Å². The predicted octanol–water partition coefficient (Wildman–Crippen LogP) is 1.37. The van der Waals surface area contributed by atoms with Crippen molar-refractivity contribution in [3.8, 4) is 0 Å². The molecule has 1 saturated heterocycles. The van der Waals surface area contributed by atoms with Gasteiger partial charge in [0.2, 0.25) is 0 Å². The average molecular weight is 320 g/mol. The largest absolute Gasteiger partial charge is 0.376 e. The fourth-order valence-electron chi connectivity index (χ4n) is 2.66. The highest BCUT2D eigenvalue weighted by Gasteiger charge is 2.21. The molecule has 7 heteroatoms. The molecule has 2 aromatic heterocycles. The molecule has 0 unspecified atom stereocenters. The molecule has 0 saturated carbocycles. The number of hydrogen-bond donors (Lipinski definition) is 1. The van der Waals surface area contributed by atoms with E-state index in [1.54, 1.807) is 17.4 Å². The van der Waals surface area contributed by atoms with Crippen LogP contribution < -0.4 is 5.56 Å². The summed E-state index contributed by atoms with van der Waals surface area (Å²) >= 11 is 1.69. The van der Waals surface area contributed by atoms with Gasteiger partial charge < -0.3 is 9.72 Å². The van der Waals surface area contributed by atoms with Gasteiger partial charge in [-0.2, -0.15) is 0 Å². The number of aromatic nitrogens is 3. The van der Waals surface area contributed by atoms with E-state index in [-0.39, 0.29) is 11.7 Å². The third-order valence-electron chi connectivity index (χ3n) is 3.73. The second-order valence-electron chi connectivity index (χ2n) is 5.53. The van der Waals surface area contributed by atoms with Gasteiger partial charge in [0.1, 0.15) is 0 Å². The van der Waals surface area contributed by atoms with Crippen LogP contribution in [0, 0.1) is 6.92 Å². The first kappa shape index (κ1) is 15.3. The predicted molar refractivity (Wildman–Crippen MR) is 85.0 cm³/mol. The minimum absolute atomic E-state index is 0.102. The summed E-state index contributed by atoms with van der Waals surface area (Å²) in [6.45, 7) is 5.50. The van der Waals surface area contributed by atoms with E-state index in [0.29, 0.717) is 0 Å². The van der Waals surface area contributed by atoms with E-state index < -0.39 is 0 Å². The molecule has 118 valence electrons. The van der Waals surface area contributed by atoms with E-state index in [1.807, 2.05) is 6.92 Å². The van der Waals surface area contributed by atoms with Gasteiger partial charge in [0.25, 0.3) is 5.56 Å². The van der Waals surface area contributed by atoms with Crippen molar-refractivity contribution < 1.29 is 4.74 Å². The number of aryl methyl sites for hydroxylation is 2. The molecule has 0 amide bonds. The van der Waals surface area contributed by atoms with Crippen molar-refractivity contribution in [3.05, 3.63) is 44.5 Å². The van der Waals surface area contributed by atoms with Crippen LogP contribution in [0.1, 0.15) is 22.8 Å². The van der Waals surface area contributed by atoms with Gasteiger partial charge in [-0.25, -0.2) is 9.97 Å². The number of rotatable bonds is 5. The maximum Gasteiger partial charge on any atom is 0.250 e. The zero-order valence-electron chi connectivity index (χ0n) is 12.6. The number of ether oxygens (including phenoxy) is 1. The van der Waals surface area contributed by atoms with Crippen LogP contribution in [-0.4, -0.2) is 45.7 Å². The lowest BCUT2D eigenvalue weighted by molar-refractivity contribution is -0.0349. The van der Waals surface area contributed by atoms with Crippen LogP contribution in [-0.2, 0) is 17.7 Å². The fourth-order valence-corrected chi connectivity index (χ4v) is 3.27. The summed E-state index contributed by atoms with van der Waals surface area (Å²) < 4.78 is 5.83. The molecule has 1 N–H and O–H groups in total. The Hall–Kier alpha value is -1.57. The van der Waals surface area contributed by atoms with Gasteiger partial charge in [-0.3, -0.25) is 9.69 Å². The van der Waals surface area contributed by atoms with Gasteiger partial charge in [-0.15, -0.1) is 11.3 Å². The van der Waals surface area contributed by atoms with Gasteiger partial charge in [0, 0.05) is 36.8 Å². The minimum atomic E-state index is -0.102. The summed E-state index contributed by atoms with van der Waals surface area (Å²) in [5.41, 5.74) is 1.86. The topological polar surface area (TPSA) is 71.1 Å². The highest BCUT2D eigenvalue weighted by atomic mass is 32.1. The van der Waals surface area contributed by atoms with Crippen molar-refractivity contribution in [2.24, 2.45) is 0 Å². The van der Waals surface area contributed by atoms with Gasteiger partial charge in [-0.1, -0.05) is 0 Å². The molecule has 1 atom stereocenters. The van der Waals surface area contributed by atoms with E-state index in [9.17, 15) is 4.79 Å². The number of H-pyrrole nitrogens is 1. The quantitative estimate of drug-likeness (QED) is 0.901. The first-order valence-corrected chi connectivity index (χ1v) is 8.35. The van der Waals surface area contributed by atoms with E-state index in [1.165, 1.54) is 6.33 Å². The van der Waals surface area contributed by atoms with Gasteiger partial charge in [-0.05, 0) is 19.8 Å². The number of nitrogens with one attached hydrogen (secondary N) is 1. The zero-order chi connectivity index (χ0) is 15.4. The molecule has 22 heavy (non-hydrogen) atoms. The summed E-state index contributed by atoms with van der Waals surface area (Å²) in [7, 11) is 0. The van der Waals surface area contributed by atoms with E-state index in [4.69, 9.17) is 4.74 Å². The molecular formula is C15H20N4O2S. The molecule has 1 aliphatic heterocycles. The molecule has 6 nitrogen and oxygen atoms in total. The Labute approximate surface area is 133 Å². The SMILES string of the molecule is Cc1nc(CN2CCO[C@H](CCc3cc(=O)[nH]cn3)C2)cs1. The summed E-state index contributed by atoms with van der Waals surface area (Å²) in [6, 6.07) is 1.55. The number of morpholine rings is 1. The molecule has 0 spiro atoms. The third kappa shape index (κ3) is 4.22. The number of aromatic amines is 1. The Kier molecular flexibility index (Phi) is 4.97. The zero-order valence-corrected chi connectivity index (χ0v) is 13.4. The standard InChI is InChI=1S/C15H20N4O2S/c1-11-18-13(9-22-11)7-19-4-5-21-14(8-19)3-2-12-6-15(20)17-10-16-12/h6,9-10,14H,2-5,7-8H2,1H3,(H,16,17,20)/t14-/m1/s1. The monoisotopic (exact) mass is 320 g/mol. The average Bonchev–Trinajstić information content (AvgIpc) is 2.91. The first-order chi connectivity index (χ1) is 10.7. The Morgan fingerprint density at radius 3 is 3.18 bits per heavy atom. The van der Waals surface area contributed by atoms with Crippen LogP contribution in [0.25, 0.3) is 0 Å². The highest BCUT2D eigenvalue weighted by Crippen LogP contribution is 2.15. The second-order valence-corrected chi connectivity index (χ2v) is 6.59. The normalized spacial score (nSPS) is 19.4. The second kappa shape index (κ2) is 7.13. The van der Waals surface area contributed by atoms with E-state index >= 15 is 0 Å². The van der Waals surface area contributed by atoms with Crippen molar-refractivity contribution in [3.63, 3.8) is 0 Å². The summed E-state index contributed by atoms with van der Waals surface area (Å²) in [4.78, 5) is 24.9. The van der Waals surface area contributed by atoms with Crippen LogP contribution >= 0.6 is 11.3 Å². The van der Waals surface area contributed by atoms with Crippen molar-refractivity contribution in [2.75, 3.05) is 19.7 Å². The Morgan fingerprint density at radius 1 is 1.50 bits per heavy atom. The van der Waals surface area contributed by atoms with Crippen molar-refractivity contribution in [1.82, 2.24) is 19.9 Å². The number of nitrogens with zero attached hydrogens (tertiary/aromatic N) is 3. The van der Waals surface area contributed by atoms with Crippen molar-refractivity contribution >= 4 is 11.3 Å². The van der Waals surface area contributed by atoms with Crippen LogP contribution in [0.15, 0.2) is 22.6 Å². The maximum atomic E-state index is 11.3. The Bertz CT molecular complexity index is 669. The minimum Gasteiger partial charge on any atom is -0.376 e. The van der Waals surface area contributed by atoms with Crippen molar-refractivity contribution in [1.29, 1.82) is 0 Å². The third-order valence-corrected chi connectivity index (χ3v) is 4.55. The maximum absolute atomic E-state index is 11.3. The molecule has 0 radical (unpaired) electrons. The molecule has 1 fully saturated rings. The highest BCUT2D eigenvalue weighted by molar-refractivity contribution is 7.09. The summed E-state index contributed by atoms with van der Waals surface area (Å²) in [5.74, 6) is 0. The van der Waals surface area contributed by atoms with Crippen molar-refractivity contribution in [2.45, 2.75) is 32.4 Å². The molecule has 0 aliphatic carbocycles. The summed E-state index contributed by atoms with van der Waals surface area (Å²) in [6.07, 6.45) is 3.28. The van der Waals surface area contributed by atoms with Crippen LogP contribution in [0.2, 0.25) is 0 Å². The fraction of sp³-hybridized carbons (Fsp3) is 0.533. The summed E-state index contributed by atoms with van der Waals surface area (Å²) in [5, 5.41) is 3.24. The molecular weight excluding hydrogens is 300 g/mol. The lowest BCUT2D eigenvalue weighted by Gasteiger charge is -2.32. The number of thiazole rings is 1. The lowest BCUT2D eigenvalue weighted by atomic mass is 10.1. The molecule has 2 aromatic rings. The molecule has 3 rings (SSSR count). The molecule has 1 aliphatic rings. The van der Waals surface area contributed by atoms with E-state index in [2.05, 4.69) is 25.2 Å². The molecule has 0 aromatic carbocycles. The number of hydrogen-bond acceptors (Lipinski definition) is 6. The smallest absolute Gasteiger partial charge is 0.250 e. The van der Waals surface area contributed by atoms with Gasteiger partial charge in [0.15, 0.2) is 0 Å². The first-order valence-electron chi connectivity index (χ1n) is 7.47. The lowest BCUT2D eigenvalue weighted by Crippen LogP contribution is -2.42. The van der Waals surface area contributed by atoms with Crippen LogP contribution in [0.5, 0.6) is 0 Å². The van der Waals surface area contributed by atoms with E-state index in [0.717, 1.165) is 55.5 Å². The van der Waals surface area contributed by atoms with Gasteiger partial charge >= 0.3 is 0 Å². The Balaban J connectivity index is 1.51. The Morgan fingerprint density at radius 2 is 2.41 bits per heavy atom. The van der Waals surface area contributed by atoms with Crippen LogP contribution in [0.4, 0.5) is 0 Å². The van der Waals surface area contributed by atoms with Crippen LogP contribution in [0.3, 0.4) is 0 Å². The molecule has 3 heterocycles. The molecule has 0 bridgehead atoms.